The van der Waals surface area contributed by atoms with Gasteiger partial charge in [0.2, 0.25) is 0 Å². The fourth-order valence-electron chi connectivity index (χ4n) is 6.82. The molecule has 4 aliphatic rings. The van der Waals surface area contributed by atoms with Gasteiger partial charge in [0.1, 0.15) is 30.7 Å². The minimum absolute atomic E-state index is 0.00209. The highest BCUT2D eigenvalue weighted by Crippen LogP contribution is 2.52. The van der Waals surface area contributed by atoms with Crippen LogP contribution in [0.4, 0.5) is 0 Å². The maximum atomic E-state index is 6.83. The molecule has 3 aliphatic heterocycles. The third-order valence-electron chi connectivity index (χ3n) is 9.03. The Kier molecular flexibility index (Phi) is 8.73. The molecule has 7 heteroatoms. The van der Waals surface area contributed by atoms with Gasteiger partial charge in [-0.3, -0.25) is 4.84 Å². The van der Waals surface area contributed by atoms with E-state index in [0.717, 1.165) is 43.6 Å². The van der Waals surface area contributed by atoms with Gasteiger partial charge in [-0.05, 0) is 64.2 Å². The molecule has 1 spiro atoms. The molecule has 0 aromatic heterocycles. The predicted molar refractivity (Wildman–Crippen MR) is 146 cm³/mol. The molecule has 5 rings (SSSR count). The lowest BCUT2D eigenvalue weighted by Gasteiger charge is -2.59. The van der Waals surface area contributed by atoms with Crippen LogP contribution >= 0.6 is 0 Å². The van der Waals surface area contributed by atoms with Crippen molar-refractivity contribution in [3.63, 3.8) is 0 Å². The van der Waals surface area contributed by atoms with E-state index in [4.69, 9.17) is 28.5 Å². The number of hydroxylamine groups is 2. The summed E-state index contributed by atoms with van der Waals surface area (Å²) in [6.45, 7) is 13.8. The lowest BCUT2D eigenvalue weighted by atomic mass is 9.73. The Hall–Kier alpha value is -1.22. The molecule has 1 aromatic carbocycles. The van der Waals surface area contributed by atoms with E-state index in [1.807, 2.05) is 12.1 Å². The van der Waals surface area contributed by atoms with E-state index in [1.54, 1.807) is 0 Å². The molecular formula is C31H49NO6. The van der Waals surface area contributed by atoms with E-state index in [-0.39, 0.29) is 29.4 Å². The van der Waals surface area contributed by atoms with E-state index in [2.05, 4.69) is 51.8 Å². The van der Waals surface area contributed by atoms with Crippen LogP contribution < -0.4 is 4.74 Å². The number of hydrogen-bond acceptors (Lipinski definition) is 7. The number of piperidine rings is 1. The molecule has 0 radical (unpaired) electrons. The zero-order chi connectivity index (χ0) is 26.8. The van der Waals surface area contributed by atoms with Crippen molar-refractivity contribution in [1.82, 2.24) is 5.06 Å². The van der Waals surface area contributed by atoms with Gasteiger partial charge in [-0.2, -0.15) is 5.06 Å². The molecule has 3 heterocycles. The molecule has 1 aromatic rings. The number of hydrogen-bond donors (Lipinski definition) is 0. The van der Waals surface area contributed by atoms with Gasteiger partial charge >= 0.3 is 0 Å². The monoisotopic (exact) mass is 531 g/mol. The molecule has 0 N–H and O–H groups in total. The summed E-state index contributed by atoms with van der Waals surface area (Å²) in [6.07, 6.45) is 10.2. The number of benzene rings is 1. The summed E-state index contributed by atoms with van der Waals surface area (Å²) in [6, 6.07) is 8.25. The van der Waals surface area contributed by atoms with Crippen molar-refractivity contribution in [2.45, 2.75) is 134 Å². The van der Waals surface area contributed by atoms with E-state index in [9.17, 15) is 0 Å². The summed E-state index contributed by atoms with van der Waals surface area (Å²) in [5, 5.41) is 2.28. The minimum atomic E-state index is -0.594. The Morgan fingerprint density at radius 2 is 1.66 bits per heavy atom. The molecule has 38 heavy (non-hydrogen) atoms. The Balaban J connectivity index is 1.23. The lowest BCUT2D eigenvalue weighted by Crippen LogP contribution is -2.67. The van der Waals surface area contributed by atoms with Crippen LogP contribution in [-0.2, 0) is 23.8 Å². The van der Waals surface area contributed by atoms with Gasteiger partial charge in [-0.15, -0.1) is 0 Å². The molecule has 3 saturated heterocycles. The third-order valence-corrected chi connectivity index (χ3v) is 9.03. The smallest absolute Gasteiger partial charge is 0.172 e. The van der Waals surface area contributed by atoms with E-state index < -0.39 is 5.79 Å². The highest BCUT2D eigenvalue weighted by atomic mass is 16.8. The molecule has 4 atom stereocenters. The quantitative estimate of drug-likeness (QED) is 0.308. The Morgan fingerprint density at radius 1 is 0.947 bits per heavy atom. The zero-order valence-corrected chi connectivity index (χ0v) is 24.2. The van der Waals surface area contributed by atoms with Crippen LogP contribution in [0.1, 0.15) is 104 Å². The molecule has 0 bridgehead atoms. The second kappa shape index (κ2) is 11.7. The van der Waals surface area contributed by atoms with Gasteiger partial charge in [0.05, 0.1) is 31.5 Å². The first-order chi connectivity index (χ1) is 18.3. The molecular weight excluding hydrogens is 482 g/mol. The molecule has 0 amide bonds. The normalized spacial score (nSPS) is 31.9. The van der Waals surface area contributed by atoms with Gasteiger partial charge in [0.15, 0.2) is 5.79 Å². The first-order valence-corrected chi connectivity index (χ1v) is 15.0. The number of epoxide rings is 1. The SMILES string of the molecule is CCC1(CC)CC2(CC(C)(C)N1OC(C)c1ccc(OCC3CO3)cc1)OCC(COC1CCCCC1)O2. The van der Waals surface area contributed by atoms with Crippen molar-refractivity contribution in [3.8, 4) is 5.75 Å². The van der Waals surface area contributed by atoms with Crippen molar-refractivity contribution in [3.05, 3.63) is 29.8 Å². The van der Waals surface area contributed by atoms with Gasteiger partial charge in [0, 0.05) is 18.4 Å². The fraction of sp³-hybridized carbons (Fsp3) is 0.806. The maximum absolute atomic E-state index is 6.83. The van der Waals surface area contributed by atoms with Crippen molar-refractivity contribution in [2.75, 3.05) is 26.4 Å². The van der Waals surface area contributed by atoms with Gasteiger partial charge in [-0.25, -0.2) is 0 Å². The second-order valence-electron chi connectivity index (χ2n) is 12.5. The first-order valence-electron chi connectivity index (χ1n) is 15.0. The standard InChI is InChI=1S/C31H49NO6/c1-6-30(7-2)22-31(36-20-28(37-31)19-34-25-11-9-8-10-12-25)21-29(4,5)32(30)38-23(3)24-13-15-26(16-14-24)33-17-27-18-35-27/h13-16,23,25,27-28H,6-12,17-22H2,1-5H3. The summed E-state index contributed by atoms with van der Waals surface area (Å²) >= 11 is 0. The number of rotatable bonds is 11. The third kappa shape index (κ3) is 6.39. The molecule has 4 fully saturated rings. The van der Waals surface area contributed by atoms with Crippen molar-refractivity contribution in [2.24, 2.45) is 0 Å². The summed E-state index contributed by atoms with van der Waals surface area (Å²) in [7, 11) is 0. The van der Waals surface area contributed by atoms with E-state index in [1.165, 1.54) is 32.1 Å². The van der Waals surface area contributed by atoms with Crippen molar-refractivity contribution >= 4 is 0 Å². The average molecular weight is 532 g/mol. The Bertz CT molecular complexity index is 892. The maximum Gasteiger partial charge on any atom is 0.172 e. The second-order valence-corrected chi connectivity index (χ2v) is 12.5. The van der Waals surface area contributed by atoms with Crippen LogP contribution in [0.2, 0.25) is 0 Å². The molecule has 1 aliphatic carbocycles. The highest BCUT2D eigenvalue weighted by molar-refractivity contribution is 5.28. The van der Waals surface area contributed by atoms with Crippen LogP contribution in [-0.4, -0.2) is 66.7 Å². The largest absolute Gasteiger partial charge is 0.491 e. The first kappa shape index (κ1) is 28.3. The molecule has 1 saturated carbocycles. The summed E-state index contributed by atoms with van der Waals surface area (Å²) in [4.78, 5) is 6.83. The van der Waals surface area contributed by atoms with Crippen molar-refractivity contribution in [1.29, 1.82) is 0 Å². The summed E-state index contributed by atoms with van der Waals surface area (Å²) < 4.78 is 30.6. The molecule has 214 valence electrons. The summed E-state index contributed by atoms with van der Waals surface area (Å²) in [5.74, 6) is 0.273. The number of nitrogens with zero attached hydrogens (tertiary/aromatic N) is 1. The highest BCUT2D eigenvalue weighted by Gasteiger charge is 2.60. The van der Waals surface area contributed by atoms with Crippen LogP contribution in [0.25, 0.3) is 0 Å². The zero-order valence-electron chi connectivity index (χ0n) is 24.2. The average Bonchev–Trinajstić information content (AvgIpc) is 3.68. The van der Waals surface area contributed by atoms with E-state index in [0.29, 0.717) is 25.9 Å². The summed E-state index contributed by atoms with van der Waals surface area (Å²) in [5.41, 5.74) is 0.665. The molecule has 7 nitrogen and oxygen atoms in total. The van der Waals surface area contributed by atoms with Gasteiger partial charge < -0.3 is 23.7 Å². The van der Waals surface area contributed by atoms with Gasteiger partial charge in [-0.1, -0.05) is 45.2 Å². The Labute approximate surface area is 229 Å². The van der Waals surface area contributed by atoms with Crippen molar-refractivity contribution < 1.29 is 28.5 Å². The number of ether oxygens (including phenoxy) is 5. The van der Waals surface area contributed by atoms with Crippen LogP contribution in [0.5, 0.6) is 5.75 Å². The van der Waals surface area contributed by atoms with Crippen LogP contribution in [0, 0.1) is 0 Å². The fourth-order valence-corrected chi connectivity index (χ4v) is 6.82. The van der Waals surface area contributed by atoms with Gasteiger partial charge in [0.25, 0.3) is 0 Å². The van der Waals surface area contributed by atoms with Crippen LogP contribution in [0.3, 0.4) is 0 Å². The lowest BCUT2D eigenvalue weighted by molar-refractivity contribution is -0.360. The minimum Gasteiger partial charge on any atom is -0.491 e. The van der Waals surface area contributed by atoms with Crippen LogP contribution in [0.15, 0.2) is 24.3 Å². The Morgan fingerprint density at radius 3 is 2.32 bits per heavy atom. The molecule has 4 unspecified atom stereocenters. The van der Waals surface area contributed by atoms with E-state index >= 15 is 0 Å². The predicted octanol–water partition coefficient (Wildman–Crippen LogP) is 6.35. The topological polar surface area (TPSA) is 61.9 Å².